The topological polar surface area (TPSA) is 62.1 Å². The third kappa shape index (κ3) is 3.48. The Morgan fingerprint density at radius 3 is 2.87 bits per heavy atom. The molecule has 0 atom stereocenters. The average molecular weight is 310 g/mol. The van der Waals surface area contributed by atoms with Gasteiger partial charge in [-0.15, -0.1) is 0 Å². The van der Waals surface area contributed by atoms with Crippen LogP contribution in [0.25, 0.3) is 11.1 Å². The van der Waals surface area contributed by atoms with Crippen molar-refractivity contribution in [1.82, 2.24) is 19.7 Å². The highest BCUT2D eigenvalue weighted by molar-refractivity contribution is 5.70. The van der Waals surface area contributed by atoms with E-state index in [2.05, 4.69) is 21.1 Å². The van der Waals surface area contributed by atoms with E-state index in [1.54, 1.807) is 24.3 Å². The van der Waals surface area contributed by atoms with E-state index in [1.807, 2.05) is 31.2 Å². The number of hydrogen-bond donors (Lipinski definition) is 0. The second-order valence-corrected chi connectivity index (χ2v) is 4.95. The molecule has 0 saturated carbocycles. The summed E-state index contributed by atoms with van der Waals surface area (Å²) in [6.07, 6.45) is 4.99. The minimum absolute atomic E-state index is 0.584. The second kappa shape index (κ2) is 6.91. The Balaban J connectivity index is 1.97. The largest absolute Gasteiger partial charge is 0.494 e. The summed E-state index contributed by atoms with van der Waals surface area (Å²) >= 11 is 0. The molecule has 0 unspecified atom stereocenters. The van der Waals surface area contributed by atoms with Crippen molar-refractivity contribution >= 4 is 0 Å². The van der Waals surface area contributed by atoms with E-state index in [-0.39, 0.29) is 0 Å². The lowest BCUT2D eigenvalue weighted by molar-refractivity contribution is 0.340. The summed E-state index contributed by atoms with van der Waals surface area (Å²) in [6, 6.07) is 9.96. The molecule has 0 N–H and O–H groups in total. The molecule has 0 radical (unpaired) electrons. The lowest BCUT2D eigenvalue weighted by atomic mass is 10.0. The first-order chi connectivity index (χ1) is 11.3. The molecule has 2 heterocycles. The predicted octanol–water partition coefficient (Wildman–Crippen LogP) is 2.80. The second-order valence-electron chi connectivity index (χ2n) is 4.95. The fraction of sp³-hybridized carbons (Fsp3) is 0.235. The number of ether oxygens (including phenoxy) is 2. The highest BCUT2D eigenvalue weighted by atomic mass is 16.5. The van der Waals surface area contributed by atoms with Crippen molar-refractivity contribution < 1.29 is 9.47 Å². The van der Waals surface area contributed by atoms with Gasteiger partial charge >= 0.3 is 0 Å². The van der Waals surface area contributed by atoms with Crippen LogP contribution in [-0.2, 0) is 6.54 Å². The molecule has 0 spiro atoms. The van der Waals surface area contributed by atoms with Gasteiger partial charge in [-0.1, -0.05) is 12.1 Å². The van der Waals surface area contributed by atoms with Gasteiger partial charge in [-0.2, -0.15) is 5.10 Å². The minimum atomic E-state index is 0.584. The molecule has 0 amide bonds. The molecule has 0 fully saturated rings. The van der Waals surface area contributed by atoms with Crippen molar-refractivity contribution in [3.05, 3.63) is 54.7 Å². The number of pyridine rings is 1. The van der Waals surface area contributed by atoms with Crippen molar-refractivity contribution in [3.8, 4) is 22.8 Å². The third-order valence-electron chi connectivity index (χ3n) is 3.37. The van der Waals surface area contributed by atoms with Gasteiger partial charge in [0.05, 0.1) is 20.3 Å². The molecular weight excluding hydrogens is 292 g/mol. The maximum absolute atomic E-state index is 5.57. The minimum Gasteiger partial charge on any atom is -0.494 e. The van der Waals surface area contributed by atoms with Crippen molar-refractivity contribution in [1.29, 1.82) is 0 Å². The van der Waals surface area contributed by atoms with Crippen LogP contribution in [0.5, 0.6) is 11.6 Å². The molecule has 3 aromatic rings. The van der Waals surface area contributed by atoms with Crippen molar-refractivity contribution in [2.45, 2.75) is 13.5 Å². The maximum Gasteiger partial charge on any atom is 0.221 e. The van der Waals surface area contributed by atoms with E-state index in [0.717, 1.165) is 22.4 Å². The van der Waals surface area contributed by atoms with E-state index in [1.165, 1.54) is 6.33 Å². The zero-order valence-electron chi connectivity index (χ0n) is 13.1. The van der Waals surface area contributed by atoms with Crippen LogP contribution in [0, 0.1) is 0 Å². The van der Waals surface area contributed by atoms with Crippen LogP contribution in [0.15, 0.2) is 49.2 Å². The molecule has 23 heavy (non-hydrogen) atoms. The summed E-state index contributed by atoms with van der Waals surface area (Å²) in [4.78, 5) is 8.36. The fourth-order valence-electron chi connectivity index (χ4n) is 2.37. The van der Waals surface area contributed by atoms with Gasteiger partial charge in [-0.25, -0.2) is 14.6 Å². The summed E-state index contributed by atoms with van der Waals surface area (Å²) in [5.41, 5.74) is 2.94. The van der Waals surface area contributed by atoms with Crippen LogP contribution in [0.2, 0.25) is 0 Å². The SMILES string of the molecule is CCOc1cccc(-c2cc(Cn3cncn3)cnc2OC)c1. The quantitative estimate of drug-likeness (QED) is 0.700. The van der Waals surface area contributed by atoms with Crippen molar-refractivity contribution in [3.63, 3.8) is 0 Å². The predicted molar refractivity (Wildman–Crippen MR) is 86.5 cm³/mol. The van der Waals surface area contributed by atoms with Crippen LogP contribution in [0.4, 0.5) is 0 Å². The molecule has 0 bridgehead atoms. The molecule has 1 aromatic carbocycles. The molecule has 3 rings (SSSR count). The Kier molecular flexibility index (Phi) is 4.52. The van der Waals surface area contributed by atoms with E-state index >= 15 is 0 Å². The van der Waals surface area contributed by atoms with Gasteiger partial charge in [-0.3, -0.25) is 0 Å². The molecule has 6 nitrogen and oxygen atoms in total. The number of methoxy groups -OCH3 is 1. The Labute approximate surface area is 134 Å². The molecule has 118 valence electrons. The van der Waals surface area contributed by atoms with Gasteiger partial charge in [0, 0.05) is 11.8 Å². The smallest absolute Gasteiger partial charge is 0.221 e. The van der Waals surface area contributed by atoms with Crippen LogP contribution < -0.4 is 9.47 Å². The summed E-state index contributed by atoms with van der Waals surface area (Å²) in [5.74, 6) is 1.41. The van der Waals surface area contributed by atoms with Crippen molar-refractivity contribution in [2.24, 2.45) is 0 Å². The van der Waals surface area contributed by atoms with Crippen molar-refractivity contribution in [2.75, 3.05) is 13.7 Å². The summed E-state index contributed by atoms with van der Waals surface area (Å²) in [7, 11) is 1.62. The van der Waals surface area contributed by atoms with Gasteiger partial charge in [0.2, 0.25) is 5.88 Å². The van der Waals surface area contributed by atoms with E-state index in [4.69, 9.17) is 9.47 Å². The zero-order chi connectivity index (χ0) is 16.1. The molecule has 2 aromatic heterocycles. The molecular formula is C17H18N4O2. The first kappa shape index (κ1) is 15.0. The Hall–Kier alpha value is -2.89. The number of rotatable bonds is 6. The first-order valence-electron chi connectivity index (χ1n) is 7.38. The van der Waals surface area contributed by atoms with E-state index in [9.17, 15) is 0 Å². The molecule has 0 aliphatic carbocycles. The van der Waals surface area contributed by atoms with E-state index in [0.29, 0.717) is 19.0 Å². The van der Waals surface area contributed by atoms with Gasteiger partial charge in [0.1, 0.15) is 18.4 Å². The Morgan fingerprint density at radius 2 is 2.13 bits per heavy atom. The van der Waals surface area contributed by atoms with Gasteiger partial charge in [-0.05, 0) is 36.2 Å². The van der Waals surface area contributed by atoms with Crippen LogP contribution >= 0.6 is 0 Å². The van der Waals surface area contributed by atoms with E-state index < -0.39 is 0 Å². The van der Waals surface area contributed by atoms with Gasteiger partial charge in [0.25, 0.3) is 0 Å². The van der Waals surface area contributed by atoms with Crippen LogP contribution in [0.1, 0.15) is 12.5 Å². The highest BCUT2D eigenvalue weighted by Gasteiger charge is 2.10. The maximum atomic E-state index is 5.57. The Morgan fingerprint density at radius 1 is 1.22 bits per heavy atom. The standard InChI is InChI=1S/C17H18N4O2/c1-3-23-15-6-4-5-14(8-15)16-7-13(9-19-17(16)22-2)10-21-12-18-11-20-21/h4-9,11-12H,3,10H2,1-2H3. The first-order valence-corrected chi connectivity index (χ1v) is 7.38. The number of nitrogens with zero attached hydrogens (tertiary/aromatic N) is 4. The highest BCUT2D eigenvalue weighted by Crippen LogP contribution is 2.31. The van der Waals surface area contributed by atoms with Crippen LogP contribution in [-0.4, -0.2) is 33.5 Å². The number of hydrogen-bond acceptors (Lipinski definition) is 5. The summed E-state index contributed by atoms with van der Waals surface area (Å²) in [5, 5.41) is 4.12. The number of aromatic nitrogens is 4. The average Bonchev–Trinajstić information content (AvgIpc) is 3.08. The molecule has 0 saturated heterocycles. The normalized spacial score (nSPS) is 10.5. The molecule has 6 heteroatoms. The lowest BCUT2D eigenvalue weighted by Gasteiger charge is -2.11. The van der Waals surface area contributed by atoms with Crippen LogP contribution in [0.3, 0.4) is 0 Å². The fourth-order valence-corrected chi connectivity index (χ4v) is 2.37. The Bertz CT molecular complexity index is 772. The molecule has 0 aliphatic rings. The molecule has 0 aliphatic heterocycles. The van der Waals surface area contributed by atoms with Gasteiger partial charge < -0.3 is 9.47 Å². The number of benzene rings is 1. The monoisotopic (exact) mass is 310 g/mol. The summed E-state index contributed by atoms with van der Waals surface area (Å²) in [6.45, 7) is 3.20. The lowest BCUT2D eigenvalue weighted by Crippen LogP contribution is -2.02. The zero-order valence-corrected chi connectivity index (χ0v) is 13.1. The third-order valence-corrected chi connectivity index (χ3v) is 3.37. The summed E-state index contributed by atoms with van der Waals surface area (Å²) < 4.78 is 12.7. The van der Waals surface area contributed by atoms with Gasteiger partial charge in [0.15, 0.2) is 0 Å².